The van der Waals surface area contributed by atoms with E-state index in [1.54, 1.807) is 10.9 Å². The van der Waals surface area contributed by atoms with E-state index in [9.17, 15) is 14.7 Å². The Morgan fingerprint density at radius 1 is 1.33 bits per heavy atom. The van der Waals surface area contributed by atoms with E-state index in [4.69, 9.17) is 14.5 Å². The number of carbonyl (C=O) groups is 2. The molecular formula is C24H34N4O5. The Labute approximate surface area is 194 Å². The minimum atomic E-state index is -0.755. The number of alkyl carbamates (subject to hydrolysis) is 1. The van der Waals surface area contributed by atoms with E-state index in [-0.39, 0.29) is 18.6 Å². The zero-order chi connectivity index (χ0) is 24.0. The molecule has 2 heterocycles. The van der Waals surface area contributed by atoms with Crippen LogP contribution in [0.4, 0.5) is 4.79 Å². The van der Waals surface area contributed by atoms with Crippen molar-refractivity contribution in [2.24, 2.45) is 18.9 Å². The lowest BCUT2D eigenvalue weighted by Crippen LogP contribution is -2.29. The van der Waals surface area contributed by atoms with Gasteiger partial charge in [0.05, 0.1) is 48.5 Å². The summed E-state index contributed by atoms with van der Waals surface area (Å²) >= 11 is 0. The summed E-state index contributed by atoms with van der Waals surface area (Å²) in [7, 11) is 1.82. The topological polar surface area (TPSA) is 116 Å². The second kappa shape index (κ2) is 11.2. The van der Waals surface area contributed by atoms with Gasteiger partial charge in [-0.05, 0) is 50.7 Å². The third-order valence-electron chi connectivity index (χ3n) is 6.24. The number of hydrogen-bond donors (Lipinski definition) is 2. The monoisotopic (exact) mass is 458 g/mol. The predicted octanol–water partition coefficient (Wildman–Crippen LogP) is 4.09. The summed E-state index contributed by atoms with van der Waals surface area (Å²) in [5.41, 5.74) is 3.08. The van der Waals surface area contributed by atoms with Crippen molar-refractivity contribution in [3.8, 4) is 17.0 Å². The molecule has 1 fully saturated rings. The van der Waals surface area contributed by atoms with Crippen molar-refractivity contribution in [1.29, 1.82) is 0 Å². The number of aliphatic carboxylic acids is 1. The van der Waals surface area contributed by atoms with Gasteiger partial charge in [-0.1, -0.05) is 20.3 Å². The van der Waals surface area contributed by atoms with Crippen LogP contribution in [0.1, 0.15) is 57.3 Å². The van der Waals surface area contributed by atoms with E-state index in [0.29, 0.717) is 31.1 Å². The van der Waals surface area contributed by atoms with Crippen LogP contribution in [0.3, 0.4) is 0 Å². The van der Waals surface area contributed by atoms with E-state index in [1.165, 1.54) is 0 Å². The lowest BCUT2D eigenvalue weighted by molar-refractivity contribution is -0.143. The lowest BCUT2D eigenvalue weighted by atomic mass is 9.87. The van der Waals surface area contributed by atoms with Crippen molar-refractivity contribution in [2.45, 2.75) is 65.5 Å². The second-order valence-corrected chi connectivity index (χ2v) is 8.82. The van der Waals surface area contributed by atoms with Crippen molar-refractivity contribution in [1.82, 2.24) is 20.1 Å². The number of nitrogens with zero attached hydrogens (tertiary/aromatic N) is 3. The fourth-order valence-corrected chi connectivity index (χ4v) is 3.91. The maximum atomic E-state index is 12.0. The Bertz CT molecular complexity index is 974. The molecule has 33 heavy (non-hydrogen) atoms. The summed E-state index contributed by atoms with van der Waals surface area (Å²) < 4.78 is 13.1. The Morgan fingerprint density at radius 2 is 2.12 bits per heavy atom. The molecule has 0 aromatic carbocycles. The highest BCUT2D eigenvalue weighted by Gasteiger charge is 2.28. The maximum Gasteiger partial charge on any atom is 0.407 e. The second-order valence-electron chi connectivity index (χ2n) is 8.82. The number of aromatic nitrogens is 3. The Balaban J connectivity index is 1.66. The fraction of sp³-hybridized carbons (Fsp3) is 0.583. The molecule has 3 rings (SSSR count). The summed E-state index contributed by atoms with van der Waals surface area (Å²) in [5.74, 6) is -0.125. The molecule has 9 nitrogen and oxygen atoms in total. The van der Waals surface area contributed by atoms with Crippen LogP contribution in [0.2, 0.25) is 0 Å². The van der Waals surface area contributed by atoms with Crippen LogP contribution in [0.15, 0.2) is 18.3 Å². The first-order valence-electron chi connectivity index (χ1n) is 11.6. The molecule has 9 heteroatoms. The smallest absolute Gasteiger partial charge is 0.407 e. The summed E-state index contributed by atoms with van der Waals surface area (Å²) in [6.07, 6.45) is 5.01. The molecule has 0 spiro atoms. The van der Waals surface area contributed by atoms with E-state index < -0.39 is 12.1 Å². The van der Waals surface area contributed by atoms with Crippen LogP contribution in [0, 0.1) is 18.8 Å². The minimum Gasteiger partial charge on any atom is -0.489 e. The van der Waals surface area contributed by atoms with Crippen molar-refractivity contribution in [3.05, 3.63) is 29.7 Å². The molecule has 3 atom stereocenters. The van der Waals surface area contributed by atoms with E-state index in [0.717, 1.165) is 41.9 Å². The molecule has 1 amide bonds. The summed E-state index contributed by atoms with van der Waals surface area (Å²) in [6.45, 7) is 6.62. The van der Waals surface area contributed by atoms with Gasteiger partial charge < -0.3 is 19.9 Å². The average Bonchev–Trinajstić information content (AvgIpc) is 3.17. The SMILES string of the molecule is CC[C@H](C)COC(=O)NCc1c(-c2ccc(O[C@H]3CCC[C@H](C(=O)O)C3)c(C)n2)cnn1C. The first kappa shape index (κ1) is 24.5. The van der Waals surface area contributed by atoms with Crippen LogP contribution in [0.25, 0.3) is 11.3 Å². The van der Waals surface area contributed by atoms with Gasteiger partial charge in [-0.15, -0.1) is 0 Å². The summed E-state index contributed by atoms with van der Waals surface area (Å²) in [4.78, 5) is 28.1. The van der Waals surface area contributed by atoms with Gasteiger partial charge in [-0.2, -0.15) is 5.10 Å². The number of amides is 1. The lowest BCUT2D eigenvalue weighted by Gasteiger charge is -2.27. The molecule has 0 aliphatic heterocycles. The number of rotatable bonds is 9. The van der Waals surface area contributed by atoms with Gasteiger partial charge in [-0.3, -0.25) is 9.48 Å². The molecule has 1 aliphatic rings. The summed E-state index contributed by atoms with van der Waals surface area (Å²) in [5, 5.41) is 16.4. The van der Waals surface area contributed by atoms with Gasteiger partial charge in [0.15, 0.2) is 0 Å². The first-order valence-corrected chi connectivity index (χ1v) is 11.6. The molecule has 1 aliphatic carbocycles. The molecular weight excluding hydrogens is 424 g/mol. The number of nitrogens with one attached hydrogen (secondary N) is 1. The van der Waals surface area contributed by atoms with Crippen LogP contribution in [-0.4, -0.2) is 44.6 Å². The number of carbonyl (C=O) groups excluding carboxylic acids is 1. The zero-order valence-electron chi connectivity index (χ0n) is 19.8. The van der Waals surface area contributed by atoms with Crippen molar-refractivity contribution < 1.29 is 24.2 Å². The van der Waals surface area contributed by atoms with Gasteiger partial charge in [0.2, 0.25) is 0 Å². The quantitative estimate of drug-likeness (QED) is 0.581. The number of carboxylic acid groups (broad SMARTS) is 1. The Morgan fingerprint density at radius 3 is 2.82 bits per heavy atom. The third kappa shape index (κ3) is 6.46. The highest BCUT2D eigenvalue weighted by atomic mass is 16.5. The average molecular weight is 459 g/mol. The predicted molar refractivity (Wildman–Crippen MR) is 123 cm³/mol. The van der Waals surface area contributed by atoms with Gasteiger partial charge in [0, 0.05) is 12.6 Å². The van der Waals surface area contributed by atoms with Gasteiger partial charge in [-0.25, -0.2) is 9.78 Å². The molecule has 2 aromatic heterocycles. The number of ether oxygens (including phenoxy) is 2. The van der Waals surface area contributed by atoms with Crippen molar-refractivity contribution in [2.75, 3.05) is 6.61 Å². The number of pyridine rings is 1. The Hall–Kier alpha value is -3.10. The van der Waals surface area contributed by atoms with Crippen LogP contribution >= 0.6 is 0 Å². The largest absolute Gasteiger partial charge is 0.489 e. The third-order valence-corrected chi connectivity index (χ3v) is 6.24. The number of aryl methyl sites for hydroxylation is 2. The normalized spacial score (nSPS) is 19.0. The number of carboxylic acids is 1. The van der Waals surface area contributed by atoms with Crippen molar-refractivity contribution in [3.63, 3.8) is 0 Å². The fourth-order valence-electron chi connectivity index (χ4n) is 3.91. The van der Waals surface area contributed by atoms with E-state index in [1.807, 2.05) is 33.0 Å². The van der Waals surface area contributed by atoms with Gasteiger partial charge >= 0.3 is 12.1 Å². The molecule has 0 unspecified atom stereocenters. The molecule has 180 valence electrons. The van der Waals surface area contributed by atoms with Crippen molar-refractivity contribution >= 4 is 12.1 Å². The van der Waals surface area contributed by atoms with Gasteiger partial charge in [0.25, 0.3) is 0 Å². The first-order chi connectivity index (χ1) is 15.8. The molecule has 1 saturated carbocycles. The Kier molecular flexibility index (Phi) is 8.30. The number of hydrogen-bond acceptors (Lipinski definition) is 6. The van der Waals surface area contributed by atoms with E-state index >= 15 is 0 Å². The van der Waals surface area contributed by atoms with E-state index in [2.05, 4.69) is 17.3 Å². The molecule has 2 aromatic rings. The van der Waals surface area contributed by atoms with Gasteiger partial charge in [0.1, 0.15) is 5.75 Å². The molecule has 0 bridgehead atoms. The molecule has 2 N–H and O–H groups in total. The zero-order valence-corrected chi connectivity index (χ0v) is 19.8. The van der Waals surface area contributed by atoms with Crippen LogP contribution < -0.4 is 10.1 Å². The standard InChI is InChI=1S/C24H34N4O5/c1-5-15(2)14-32-24(31)25-13-21-19(12-26-28(21)4)20-9-10-22(16(3)27-20)33-18-8-6-7-17(11-18)23(29)30/h9-10,12,15,17-18H,5-8,11,13-14H2,1-4H3,(H,25,31)(H,29,30)/t15-,17-,18-/m0/s1. The maximum absolute atomic E-state index is 12.0. The highest BCUT2D eigenvalue weighted by molar-refractivity contribution is 5.70. The van der Waals surface area contributed by atoms with Crippen LogP contribution in [0.5, 0.6) is 5.75 Å². The minimum absolute atomic E-state index is 0.120. The highest BCUT2D eigenvalue weighted by Crippen LogP contribution is 2.31. The molecule has 0 saturated heterocycles. The molecule has 0 radical (unpaired) electrons. The summed E-state index contributed by atoms with van der Waals surface area (Å²) in [6, 6.07) is 3.73. The van der Waals surface area contributed by atoms with Crippen LogP contribution in [-0.2, 0) is 23.1 Å².